The molecule has 1 atom stereocenters. The SMILES string of the molecule is CCOC(=O)C1=C(C)N=c2s/c(=C/c3cn(Cc4ccccc4Cl)c4ccccc34)c(=O)n2C1c1cc(OC)c(OC)cc1Br. The molecule has 1 unspecified atom stereocenters. The molecule has 8 nitrogen and oxygen atoms in total. The molecule has 0 aliphatic carbocycles. The minimum absolute atomic E-state index is 0.179. The van der Waals surface area contributed by atoms with Gasteiger partial charge in [0.05, 0.1) is 42.7 Å². The van der Waals surface area contributed by atoms with Crippen LogP contribution in [0.1, 0.15) is 36.6 Å². The summed E-state index contributed by atoms with van der Waals surface area (Å²) in [6.45, 7) is 4.25. The van der Waals surface area contributed by atoms with Crippen LogP contribution in [0.15, 0.2) is 92.4 Å². The van der Waals surface area contributed by atoms with Gasteiger partial charge in [-0.05, 0) is 55.3 Å². The predicted molar refractivity (Wildman–Crippen MR) is 180 cm³/mol. The van der Waals surface area contributed by atoms with Gasteiger partial charge in [-0.3, -0.25) is 9.36 Å². The van der Waals surface area contributed by atoms with Crippen molar-refractivity contribution in [2.24, 2.45) is 4.99 Å². The smallest absolute Gasteiger partial charge is 0.338 e. The lowest BCUT2D eigenvalue weighted by molar-refractivity contribution is -0.139. The number of halogens is 2. The van der Waals surface area contributed by atoms with Crippen molar-refractivity contribution < 1.29 is 19.0 Å². The van der Waals surface area contributed by atoms with Gasteiger partial charge in [-0.15, -0.1) is 0 Å². The first-order chi connectivity index (χ1) is 21.7. The van der Waals surface area contributed by atoms with Crippen LogP contribution in [0.4, 0.5) is 0 Å². The van der Waals surface area contributed by atoms with E-state index in [1.54, 1.807) is 37.7 Å². The Balaban J connectivity index is 1.55. The van der Waals surface area contributed by atoms with Gasteiger partial charge in [0.15, 0.2) is 16.3 Å². The molecule has 11 heteroatoms. The summed E-state index contributed by atoms with van der Waals surface area (Å²) in [6, 6.07) is 18.5. The highest BCUT2D eigenvalue weighted by atomic mass is 79.9. The third-order valence-electron chi connectivity index (χ3n) is 7.72. The number of carbonyl (C=O) groups is 1. The van der Waals surface area contributed by atoms with E-state index in [-0.39, 0.29) is 17.7 Å². The first-order valence-corrected chi connectivity index (χ1v) is 16.2. The lowest BCUT2D eigenvalue weighted by Gasteiger charge is -2.26. The summed E-state index contributed by atoms with van der Waals surface area (Å²) >= 11 is 11.4. The summed E-state index contributed by atoms with van der Waals surface area (Å²) in [5.41, 5.74) is 4.01. The molecule has 0 saturated heterocycles. The van der Waals surface area contributed by atoms with E-state index < -0.39 is 12.0 Å². The standard InChI is InChI=1S/C34H29BrClN3O5S/c1-5-44-33(41)30-19(2)37-34-39(31(30)23-15-27(42-3)28(43-4)16-24(23)35)32(40)29(45-34)14-21-18-38(26-13-9-7-11-22(21)26)17-20-10-6-8-12-25(20)36/h6-16,18,31H,5,17H2,1-4H3/b29-14+. The quantitative estimate of drug-likeness (QED) is 0.179. The summed E-state index contributed by atoms with van der Waals surface area (Å²) in [7, 11) is 3.09. The minimum atomic E-state index is -0.821. The van der Waals surface area contributed by atoms with E-state index in [4.69, 9.17) is 30.8 Å². The van der Waals surface area contributed by atoms with Crippen LogP contribution in [0, 0.1) is 0 Å². The largest absolute Gasteiger partial charge is 0.493 e. The fourth-order valence-corrected chi connectivity index (χ4v) is 7.41. The number of para-hydroxylation sites is 1. The lowest BCUT2D eigenvalue weighted by Crippen LogP contribution is -2.40. The number of carbonyl (C=O) groups excluding carboxylic acids is 1. The molecule has 2 aromatic heterocycles. The maximum Gasteiger partial charge on any atom is 0.338 e. The van der Waals surface area contributed by atoms with E-state index in [0.29, 0.717) is 48.1 Å². The Kier molecular flexibility index (Phi) is 8.72. The number of methoxy groups -OCH3 is 2. The zero-order valence-electron chi connectivity index (χ0n) is 25.0. The van der Waals surface area contributed by atoms with E-state index >= 15 is 0 Å². The Hall–Kier alpha value is -4.12. The molecule has 0 spiro atoms. The van der Waals surface area contributed by atoms with Crippen molar-refractivity contribution in [3.63, 3.8) is 0 Å². The first-order valence-electron chi connectivity index (χ1n) is 14.2. The first kappa shape index (κ1) is 30.9. The second kappa shape index (κ2) is 12.7. The molecular weight excluding hydrogens is 678 g/mol. The van der Waals surface area contributed by atoms with E-state index in [1.807, 2.05) is 54.7 Å². The number of rotatable bonds is 8. The fourth-order valence-electron chi connectivity index (χ4n) is 5.64. The number of nitrogens with zero attached hydrogens (tertiary/aromatic N) is 3. The monoisotopic (exact) mass is 705 g/mol. The van der Waals surface area contributed by atoms with Crippen LogP contribution >= 0.6 is 38.9 Å². The van der Waals surface area contributed by atoms with Crippen LogP contribution < -0.4 is 24.4 Å². The Morgan fingerprint density at radius 3 is 2.53 bits per heavy atom. The predicted octanol–water partition coefficient (Wildman–Crippen LogP) is 6.23. The third-order valence-corrected chi connectivity index (χ3v) is 9.76. The zero-order valence-corrected chi connectivity index (χ0v) is 28.1. The molecule has 0 radical (unpaired) electrons. The van der Waals surface area contributed by atoms with Gasteiger partial charge in [0, 0.05) is 38.7 Å². The van der Waals surface area contributed by atoms with Gasteiger partial charge >= 0.3 is 5.97 Å². The lowest BCUT2D eigenvalue weighted by atomic mass is 9.95. The van der Waals surface area contributed by atoms with Crippen LogP contribution in [0.2, 0.25) is 5.02 Å². The van der Waals surface area contributed by atoms with Gasteiger partial charge in [0.25, 0.3) is 5.56 Å². The Bertz CT molecular complexity index is 2180. The van der Waals surface area contributed by atoms with Crippen LogP contribution in [0.25, 0.3) is 17.0 Å². The normalized spacial score (nSPS) is 14.8. The maximum atomic E-state index is 14.3. The number of ether oxygens (including phenoxy) is 3. The molecule has 0 amide bonds. The molecule has 1 aliphatic rings. The van der Waals surface area contributed by atoms with E-state index in [0.717, 1.165) is 22.0 Å². The molecule has 0 saturated carbocycles. The second-order valence-electron chi connectivity index (χ2n) is 10.4. The Morgan fingerprint density at radius 1 is 1.09 bits per heavy atom. The molecule has 1 aliphatic heterocycles. The van der Waals surface area contributed by atoms with Crippen LogP contribution in [0.3, 0.4) is 0 Å². The fraction of sp³-hybridized carbons (Fsp3) is 0.206. The van der Waals surface area contributed by atoms with Gasteiger partial charge < -0.3 is 18.8 Å². The molecule has 0 N–H and O–H groups in total. The minimum Gasteiger partial charge on any atom is -0.493 e. The van der Waals surface area contributed by atoms with Crippen LogP contribution in [-0.2, 0) is 16.1 Å². The van der Waals surface area contributed by atoms with Crippen LogP contribution in [0.5, 0.6) is 11.5 Å². The Labute approximate surface area is 276 Å². The summed E-state index contributed by atoms with van der Waals surface area (Å²) in [5.74, 6) is 0.427. The summed E-state index contributed by atoms with van der Waals surface area (Å²) in [6.07, 6.45) is 3.92. The van der Waals surface area contributed by atoms with Crippen molar-refractivity contribution in [3.05, 3.63) is 124 Å². The van der Waals surface area contributed by atoms with E-state index in [1.165, 1.54) is 18.4 Å². The number of hydrogen-bond acceptors (Lipinski definition) is 7. The summed E-state index contributed by atoms with van der Waals surface area (Å²) in [4.78, 5) is 32.9. The van der Waals surface area contributed by atoms with Gasteiger partial charge in [0.1, 0.15) is 0 Å². The molecule has 230 valence electrons. The van der Waals surface area contributed by atoms with E-state index in [9.17, 15) is 9.59 Å². The molecule has 5 aromatic rings. The van der Waals surface area contributed by atoms with E-state index in [2.05, 4.69) is 26.6 Å². The van der Waals surface area contributed by atoms with Crippen molar-refractivity contribution >= 4 is 61.8 Å². The highest BCUT2D eigenvalue weighted by molar-refractivity contribution is 9.10. The van der Waals surface area contributed by atoms with Gasteiger partial charge in [-0.2, -0.15) is 0 Å². The number of esters is 1. The number of aromatic nitrogens is 2. The average Bonchev–Trinajstić information content (AvgIpc) is 3.53. The highest BCUT2D eigenvalue weighted by Gasteiger charge is 2.35. The molecular formula is C34H29BrClN3O5S. The molecule has 3 aromatic carbocycles. The van der Waals surface area contributed by atoms with Crippen molar-refractivity contribution in [2.75, 3.05) is 20.8 Å². The molecule has 45 heavy (non-hydrogen) atoms. The summed E-state index contributed by atoms with van der Waals surface area (Å²) < 4.78 is 21.3. The topological polar surface area (TPSA) is 84.1 Å². The van der Waals surface area contributed by atoms with Gasteiger partial charge in [-0.1, -0.05) is 75.3 Å². The highest BCUT2D eigenvalue weighted by Crippen LogP contribution is 2.41. The number of allylic oxidation sites excluding steroid dienone is 1. The number of hydrogen-bond donors (Lipinski definition) is 0. The van der Waals surface area contributed by atoms with Gasteiger partial charge in [-0.25, -0.2) is 9.79 Å². The molecule has 6 rings (SSSR count). The Morgan fingerprint density at radius 2 is 1.80 bits per heavy atom. The number of fused-ring (bicyclic) bond motifs is 2. The average molecular weight is 707 g/mol. The number of thiazole rings is 1. The zero-order chi connectivity index (χ0) is 31.8. The van der Waals surface area contributed by atoms with Crippen molar-refractivity contribution in [1.29, 1.82) is 0 Å². The van der Waals surface area contributed by atoms with Crippen LogP contribution in [-0.4, -0.2) is 35.9 Å². The summed E-state index contributed by atoms with van der Waals surface area (Å²) in [5, 5.41) is 1.69. The molecule has 3 heterocycles. The number of benzene rings is 3. The second-order valence-corrected chi connectivity index (χ2v) is 12.6. The maximum absolute atomic E-state index is 14.3. The van der Waals surface area contributed by atoms with Crippen molar-refractivity contribution in [2.45, 2.75) is 26.4 Å². The van der Waals surface area contributed by atoms with Gasteiger partial charge in [0.2, 0.25) is 0 Å². The van der Waals surface area contributed by atoms with Crippen molar-refractivity contribution in [1.82, 2.24) is 9.13 Å². The molecule has 0 fully saturated rings. The third kappa shape index (κ3) is 5.62. The molecule has 0 bridgehead atoms. The van der Waals surface area contributed by atoms with Crippen molar-refractivity contribution in [3.8, 4) is 11.5 Å².